The van der Waals surface area contributed by atoms with Crippen molar-refractivity contribution in [2.75, 3.05) is 0 Å². The molecule has 19 heavy (non-hydrogen) atoms. The van der Waals surface area contributed by atoms with Crippen molar-refractivity contribution in [1.82, 2.24) is 4.98 Å². The molecule has 1 heterocycles. The summed E-state index contributed by atoms with van der Waals surface area (Å²) in [5, 5.41) is 0. The molecular formula is C17H30N2. The van der Waals surface area contributed by atoms with Crippen molar-refractivity contribution in [2.45, 2.75) is 48.5 Å². The summed E-state index contributed by atoms with van der Waals surface area (Å²) < 4.78 is 0. The second kappa shape index (κ2) is 21.6. The Morgan fingerprint density at radius 3 is 2.05 bits per heavy atom. The molecule has 1 rings (SSSR count). The van der Waals surface area contributed by atoms with Crippen molar-refractivity contribution in [3.63, 3.8) is 0 Å². The third-order valence-corrected chi connectivity index (χ3v) is 1.48. The van der Waals surface area contributed by atoms with Gasteiger partial charge in [0.05, 0.1) is 11.4 Å². The molecule has 0 spiro atoms. The molecule has 2 heteroatoms. The van der Waals surface area contributed by atoms with Gasteiger partial charge >= 0.3 is 0 Å². The fourth-order valence-corrected chi connectivity index (χ4v) is 0.965. The maximum absolute atomic E-state index is 4.19. The fourth-order valence-electron chi connectivity index (χ4n) is 0.965. The average molecular weight is 262 g/mol. The predicted octanol–water partition coefficient (Wildman–Crippen LogP) is 5.67. The lowest BCUT2D eigenvalue weighted by Gasteiger charge is -1.97. The van der Waals surface area contributed by atoms with Gasteiger partial charge in [0.2, 0.25) is 0 Å². The van der Waals surface area contributed by atoms with E-state index in [9.17, 15) is 0 Å². The fraction of sp³-hybridized carbons (Fsp3) is 0.412. The van der Waals surface area contributed by atoms with E-state index in [2.05, 4.69) is 16.6 Å². The molecule has 0 N–H and O–H groups in total. The largest absolute Gasteiger partial charge is 0.255 e. The number of hydrogen-bond acceptors (Lipinski definition) is 2. The lowest BCUT2D eigenvalue weighted by Crippen LogP contribution is -1.98. The first-order chi connectivity index (χ1) is 9.38. The zero-order valence-corrected chi connectivity index (χ0v) is 13.6. The van der Waals surface area contributed by atoms with Crippen LogP contribution >= 0.6 is 0 Å². The van der Waals surface area contributed by atoms with Crippen LogP contribution in [0.25, 0.3) is 0 Å². The quantitative estimate of drug-likeness (QED) is 0.644. The third kappa shape index (κ3) is 12.5. The highest BCUT2D eigenvalue weighted by Crippen LogP contribution is 1.98. The van der Waals surface area contributed by atoms with Gasteiger partial charge in [-0.25, -0.2) is 0 Å². The standard InChI is InChI=1S/C11H12N2.3C2H6/c1-3-7-10(12-4-2)11-8-5-6-9-13-11;3*1-2/h3-9H,2H2,1H3;3*1-2H3/b7-3-,12-10?;;;. The first-order valence-electron chi connectivity index (χ1n) is 7.11. The van der Waals surface area contributed by atoms with Crippen molar-refractivity contribution >= 4 is 5.71 Å². The summed E-state index contributed by atoms with van der Waals surface area (Å²) in [5.74, 6) is 0. The molecular weight excluding hydrogens is 232 g/mol. The summed E-state index contributed by atoms with van der Waals surface area (Å²) in [6.45, 7) is 17.5. The summed E-state index contributed by atoms with van der Waals surface area (Å²) in [7, 11) is 0. The Morgan fingerprint density at radius 1 is 1.11 bits per heavy atom. The first kappa shape index (κ1) is 22.5. The molecule has 0 aliphatic rings. The number of aromatic nitrogens is 1. The first-order valence-corrected chi connectivity index (χ1v) is 7.11. The minimum Gasteiger partial charge on any atom is -0.255 e. The van der Waals surface area contributed by atoms with Gasteiger partial charge in [0.15, 0.2) is 0 Å². The van der Waals surface area contributed by atoms with Gasteiger partial charge in [-0.3, -0.25) is 9.98 Å². The lowest BCUT2D eigenvalue weighted by molar-refractivity contribution is 1.29. The molecule has 0 bridgehead atoms. The van der Waals surface area contributed by atoms with Crippen LogP contribution in [0.4, 0.5) is 0 Å². The Morgan fingerprint density at radius 2 is 1.68 bits per heavy atom. The number of pyridine rings is 1. The maximum atomic E-state index is 4.19. The minimum absolute atomic E-state index is 0.832. The topological polar surface area (TPSA) is 25.2 Å². The molecule has 0 saturated carbocycles. The van der Waals surface area contributed by atoms with Crippen LogP contribution in [0, 0.1) is 0 Å². The van der Waals surface area contributed by atoms with E-state index in [1.807, 2.05) is 78.8 Å². The molecule has 0 aliphatic heterocycles. The van der Waals surface area contributed by atoms with Crippen molar-refractivity contribution in [2.24, 2.45) is 4.99 Å². The van der Waals surface area contributed by atoms with E-state index in [1.165, 1.54) is 6.20 Å². The van der Waals surface area contributed by atoms with E-state index in [4.69, 9.17) is 0 Å². The van der Waals surface area contributed by atoms with Gasteiger partial charge in [0.25, 0.3) is 0 Å². The van der Waals surface area contributed by atoms with Crippen LogP contribution in [-0.4, -0.2) is 10.7 Å². The number of aliphatic imine (C=N–C) groups is 1. The molecule has 0 radical (unpaired) electrons. The van der Waals surface area contributed by atoms with Crippen LogP contribution in [0.15, 0.2) is 54.3 Å². The smallest absolute Gasteiger partial charge is 0.0885 e. The van der Waals surface area contributed by atoms with Crippen molar-refractivity contribution in [1.29, 1.82) is 0 Å². The number of rotatable bonds is 3. The average Bonchev–Trinajstić information content (AvgIpc) is 2.54. The molecule has 2 nitrogen and oxygen atoms in total. The monoisotopic (exact) mass is 262 g/mol. The highest BCUT2D eigenvalue weighted by Gasteiger charge is 1.97. The van der Waals surface area contributed by atoms with E-state index in [-0.39, 0.29) is 0 Å². The Bertz CT molecular complexity index is 324. The van der Waals surface area contributed by atoms with Gasteiger partial charge in [0.1, 0.15) is 0 Å². The van der Waals surface area contributed by atoms with Gasteiger partial charge in [0, 0.05) is 12.4 Å². The minimum atomic E-state index is 0.832. The van der Waals surface area contributed by atoms with Crippen molar-refractivity contribution in [3.05, 3.63) is 55.0 Å². The summed E-state index contributed by atoms with van der Waals surface area (Å²) in [6.07, 6.45) is 7.10. The second-order valence-corrected chi connectivity index (χ2v) is 2.41. The van der Waals surface area contributed by atoms with Crippen LogP contribution < -0.4 is 0 Å². The number of allylic oxidation sites excluding steroid dienone is 2. The van der Waals surface area contributed by atoms with Gasteiger partial charge in [-0.15, -0.1) is 0 Å². The van der Waals surface area contributed by atoms with Crippen molar-refractivity contribution in [3.8, 4) is 0 Å². The third-order valence-electron chi connectivity index (χ3n) is 1.48. The summed E-state index contributed by atoms with van der Waals surface area (Å²) in [6, 6.07) is 5.73. The predicted molar refractivity (Wildman–Crippen MR) is 89.8 cm³/mol. The molecule has 0 atom stereocenters. The van der Waals surface area contributed by atoms with Crippen LogP contribution in [0.3, 0.4) is 0 Å². The Kier molecular flexibility index (Phi) is 25.5. The Labute approximate surface area is 120 Å². The van der Waals surface area contributed by atoms with E-state index in [0.29, 0.717) is 0 Å². The zero-order valence-electron chi connectivity index (χ0n) is 13.6. The zero-order chi connectivity index (χ0) is 15.5. The number of nitrogens with zero attached hydrogens (tertiary/aromatic N) is 2. The summed E-state index contributed by atoms with van der Waals surface area (Å²) in [5.41, 5.74) is 1.69. The van der Waals surface area contributed by atoms with E-state index < -0.39 is 0 Å². The van der Waals surface area contributed by atoms with Gasteiger partial charge < -0.3 is 0 Å². The highest BCUT2D eigenvalue weighted by molar-refractivity contribution is 6.07. The molecule has 0 fully saturated rings. The van der Waals surface area contributed by atoms with Gasteiger partial charge in [-0.2, -0.15) is 0 Å². The molecule has 1 aromatic heterocycles. The Balaban J connectivity index is -0.000000375. The molecule has 0 amide bonds. The second-order valence-electron chi connectivity index (χ2n) is 2.41. The lowest BCUT2D eigenvalue weighted by atomic mass is 10.2. The van der Waals surface area contributed by atoms with Gasteiger partial charge in [-0.05, 0) is 25.1 Å². The van der Waals surface area contributed by atoms with E-state index >= 15 is 0 Å². The van der Waals surface area contributed by atoms with Crippen LogP contribution in [0.2, 0.25) is 0 Å². The Hall–Kier alpha value is -1.70. The molecule has 0 aliphatic carbocycles. The summed E-state index contributed by atoms with van der Waals surface area (Å²) in [4.78, 5) is 8.30. The van der Waals surface area contributed by atoms with Crippen LogP contribution in [-0.2, 0) is 0 Å². The number of hydrogen-bond donors (Lipinski definition) is 0. The highest BCUT2D eigenvalue weighted by atomic mass is 14.8. The van der Waals surface area contributed by atoms with E-state index in [1.54, 1.807) is 6.20 Å². The summed E-state index contributed by atoms with van der Waals surface area (Å²) >= 11 is 0. The SMILES string of the molecule is C=CN=C(/C=C\C)c1ccccn1.CC.CC.CC. The molecule has 0 saturated heterocycles. The maximum Gasteiger partial charge on any atom is 0.0885 e. The van der Waals surface area contributed by atoms with Crippen LogP contribution in [0.1, 0.15) is 54.2 Å². The molecule has 0 unspecified atom stereocenters. The molecule has 1 aromatic rings. The van der Waals surface area contributed by atoms with Crippen LogP contribution in [0.5, 0.6) is 0 Å². The molecule has 108 valence electrons. The van der Waals surface area contributed by atoms with Gasteiger partial charge in [-0.1, -0.05) is 60.3 Å². The van der Waals surface area contributed by atoms with Crippen molar-refractivity contribution < 1.29 is 0 Å². The molecule has 0 aromatic carbocycles. The normalized spacial score (nSPS) is 9.11. The van der Waals surface area contributed by atoms with E-state index in [0.717, 1.165) is 11.4 Å².